The van der Waals surface area contributed by atoms with E-state index < -0.39 is 0 Å². The zero-order valence-corrected chi connectivity index (χ0v) is 22.3. The van der Waals surface area contributed by atoms with Crippen molar-refractivity contribution in [2.24, 2.45) is 0 Å². The van der Waals surface area contributed by atoms with E-state index in [1.165, 1.54) is 0 Å². The zero-order chi connectivity index (χ0) is 27.3. The molecule has 0 amide bonds. The molecule has 0 radical (unpaired) electrons. The summed E-state index contributed by atoms with van der Waals surface area (Å²) in [5.41, 5.74) is 5.14. The lowest BCUT2D eigenvalue weighted by Crippen LogP contribution is -2.13. The maximum atomic E-state index is 6.44. The summed E-state index contributed by atoms with van der Waals surface area (Å²) >= 11 is 0. The van der Waals surface area contributed by atoms with Crippen molar-refractivity contribution < 1.29 is 4.74 Å². The molecule has 0 saturated heterocycles. The Morgan fingerprint density at radius 3 is 1.24 bits per heavy atom. The first-order valence-corrected chi connectivity index (χ1v) is 13.7. The fraction of sp³-hybridized carbons (Fsp3) is 0.0571. The van der Waals surface area contributed by atoms with Crippen LogP contribution in [0.15, 0.2) is 127 Å². The van der Waals surface area contributed by atoms with Crippen molar-refractivity contribution in [3.8, 4) is 17.9 Å². The van der Waals surface area contributed by atoms with Crippen LogP contribution in [0.2, 0.25) is 0 Å². The van der Waals surface area contributed by atoms with Gasteiger partial charge in [0.1, 0.15) is 6.10 Å². The van der Waals surface area contributed by atoms with Crippen molar-refractivity contribution in [1.29, 1.82) is 0 Å². The van der Waals surface area contributed by atoms with Crippen LogP contribution < -0.4 is 4.74 Å². The first kappa shape index (κ1) is 23.4. The summed E-state index contributed by atoms with van der Waals surface area (Å²) in [6.45, 7) is 2.01. The third-order valence-corrected chi connectivity index (χ3v) is 7.70. The van der Waals surface area contributed by atoms with Crippen LogP contribution in [0.3, 0.4) is 0 Å². The first-order valence-electron chi connectivity index (χ1n) is 13.7. The number of nitrogens with zero attached hydrogens (tertiary/aromatic N) is 5. The smallest absolute Gasteiger partial charge is 0.323 e. The van der Waals surface area contributed by atoms with E-state index in [0.29, 0.717) is 11.9 Å². The van der Waals surface area contributed by atoms with Gasteiger partial charge in [0.05, 0.1) is 22.1 Å². The van der Waals surface area contributed by atoms with Gasteiger partial charge in [-0.3, -0.25) is 9.13 Å². The number of aromatic nitrogens is 5. The summed E-state index contributed by atoms with van der Waals surface area (Å²) < 4.78 is 10.6. The molecule has 8 rings (SSSR count). The third-order valence-electron chi connectivity index (χ3n) is 7.70. The molecule has 41 heavy (non-hydrogen) atoms. The molecule has 0 fully saturated rings. The Morgan fingerprint density at radius 2 is 0.829 bits per heavy atom. The van der Waals surface area contributed by atoms with E-state index >= 15 is 0 Å². The summed E-state index contributed by atoms with van der Waals surface area (Å²) in [6, 6.07) is 43.8. The molecule has 196 valence electrons. The van der Waals surface area contributed by atoms with Crippen LogP contribution >= 0.6 is 0 Å². The van der Waals surface area contributed by atoms with E-state index in [4.69, 9.17) is 19.7 Å². The molecule has 0 bridgehead atoms. The number of benzene rings is 5. The summed E-state index contributed by atoms with van der Waals surface area (Å²) in [6.07, 6.45) is -0.254. The first-order chi connectivity index (χ1) is 20.3. The van der Waals surface area contributed by atoms with Gasteiger partial charge in [-0.05, 0) is 36.8 Å². The molecule has 3 aromatic heterocycles. The van der Waals surface area contributed by atoms with Crippen molar-refractivity contribution in [2.75, 3.05) is 0 Å². The highest BCUT2D eigenvalue weighted by molar-refractivity contribution is 6.10. The van der Waals surface area contributed by atoms with Crippen molar-refractivity contribution in [2.45, 2.75) is 13.0 Å². The lowest BCUT2D eigenvalue weighted by molar-refractivity contribution is 0.206. The number of rotatable bonds is 5. The molecular weight excluding hydrogens is 506 g/mol. The maximum Gasteiger partial charge on any atom is 0.323 e. The van der Waals surface area contributed by atoms with E-state index in [9.17, 15) is 0 Å². The van der Waals surface area contributed by atoms with Crippen LogP contribution in [0, 0.1) is 0 Å². The van der Waals surface area contributed by atoms with Crippen molar-refractivity contribution in [1.82, 2.24) is 24.1 Å². The Balaban J connectivity index is 1.42. The number of hydrogen-bond acceptors (Lipinski definition) is 4. The van der Waals surface area contributed by atoms with Crippen LogP contribution in [0.5, 0.6) is 6.01 Å². The normalized spacial score (nSPS) is 12.4. The molecule has 0 spiro atoms. The molecule has 5 aromatic carbocycles. The second kappa shape index (κ2) is 9.31. The number of fused-ring (bicyclic) bond motifs is 6. The summed E-state index contributed by atoms with van der Waals surface area (Å²) in [4.78, 5) is 15.0. The van der Waals surface area contributed by atoms with Crippen LogP contribution in [-0.4, -0.2) is 24.1 Å². The van der Waals surface area contributed by atoms with Gasteiger partial charge in [0, 0.05) is 21.5 Å². The lowest BCUT2D eigenvalue weighted by atomic mass is 10.1. The van der Waals surface area contributed by atoms with Crippen LogP contribution in [0.25, 0.3) is 55.5 Å². The largest absolute Gasteiger partial charge is 0.455 e. The number of ether oxygens (including phenoxy) is 1. The third kappa shape index (κ3) is 3.76. The Bertz CT molecular complexity index is 1980. The molecule has 3 heterocycles. The minimum absolute atomic E-state index is 0.254. The molecule has 0 unspecified atom stereocenters. The summed E-state index contributed by atoms with van der Waals surface area (Å²) in [5, 5.41) is 4.56. The standard InChI is InChI=1S/C35H25N5O/c1-23(24-13-3-2-4-14-24)41-35-37-33(39-29-19-9-5-15-25(29)26-16-6-10-20-30(26)39)36-34(38-35)40-31-21-11-7-17-27(31)28-18-8-12-22-32(28)40/h2-23H,1H3/t23-/m0/s1. The summed E-state index contributed by atoms with van der Waals surface area (Å²) in [7, 11) is 0. The van der Waals surface area contributed by atoms with E-state index in [-0.39, 0.29) is 12.1 Å². The second-order valence-electron chi connectivity index (χ2n) is 10.1. The highest BCUT2D eigenvalue weighted by Crippen LogP contribution is 2.34. The van der Waals surface area contributed by atoms with Crippen LogP contribution in [0.1, 0.15) is 18.6 Å². The van der Waals surface area contributed by atoms with E-state index in [1.807, 2.05) is 61.5 Å². The average Bonchev–Trinajstić information content (AvgIpc) is 3.55. The quantitative estimate of drug-likeness (QED) is 0.225. The van der Waals surface area contributed by atoms with Gasteiger partial charge in [0.15, 0.2) is 0 Å². The van der Waals surface area contributed by atoms with Gasteiger partial charge in [0.2, 0.25) is 11.9 Å². The van der Waals surface area contributed by atoms with Gasteiger partial charge < -0.3 is 4.74 Å². The monoisotopic (exact) mass is 531 g/mol. The minimum Gasteiger partial charge on any atom is -0.455 e. The SMILES string of the molecule is C[C@H](Oc1nc(-n2c3ccccc3c3ccccc32)nc(-n2c3ccccc3c3ccccc32)n1)c1ccccc1. The van der Waals surface area contributed by atoms with Gasteiger partial charge in [-0.1, -0.05) is 103 Å². The van der Waals surface area contributed by atoms with Gasteiger partial charge in [-0.2, -0.15) is 15.0 Å². The van der Waals surface area contributed by atoms with E-state index in [0.717, 1.165) is 49.2 Å². The van der Waals surface area contributed by atoms with Crippen LogP contribution in [-0.2, 0) is 0 Å². The summed E-state index contributed by atoms with van der Waals surface area (Å²) in [5.74, 6) is 1.01. The molecule has 1 atom stereocenters. The minimum atomic E-state index is -0.254. The molecule has 0 N–H and O–H groups in total. The molecule has 6 heteroatoms. The molecule has 8 aromatic rings. The molecular formula is C35H25N5O. The van der Waals surface area contributed by atoms with E-state index in [1.54, 1.807) is 0 Å². The topological polar surface area (TPSA) is 57.8 Å². The lowest BCUT2D eigenvalue weighted by Gasteiger charge is -2.16. The second-order valence-corrected chi connectivity index (χ2v) is 10.1. The van der Waals surface area contributed by atoms with Crippen molar-refractivity contribution in [3.05, 3.63) is 133 Å². The Hall–Kier alpha value is -5.49. The average molecular weight is 532 g/mol. The van der Waals surface area contributed by atoms with Gasteiger partial charge >= 0.3 is 6.01 Å². The predicted octanol–water partition coefficient (Wildman–Crippen LogP) is 8.21. The molecule has 0 aliphatic heterocycles. The highest BCUT2D eigenvalue weighted by Gasteiger charge is 2.21. The van der Waals surface area contributed by atoms with E-state index in [2.05, 4.69) is 81.9 Å². The van der Waals surface area contributed by atoms with Gasteiger partial charge in [0.25, 0.3) is 0 Å². The Morgan fingerprint density at radius 1 is 0.463 bits per heavy atom. The molecule has 0 aliphatic rings. The maximum absolute atomic E-state index is 6.44. The Labute approximate surface area is 236 Å². The zero-order valence-electron chi connectivity index (χ0n) is 22.3. The molecule has 0 saturated carbocycles. The van der Waals surface area contributed by atoms with Crippen molar-refractivity contribution >= 4 is 43.6 Å². The molecule has 6 nitrogen and oxygen atoms in total. The van der Waals surface area contributed by atoms with Crippen molar-refractivity contribution in [3.63, 3.8) is 0 Å². The van der Waals surface area contributed by atoms with Gasteiger partial charge in [-0.25, -0.2) is 0 Å². The highest BCUT2D eigenvalue weighted by atomic mass is 16.5. The molecule has 0 aliphatic carbocycles. The van der Waals surface area contributed by atoms with Gasteiger partial charge in [-0.15, -0.1) is 0 Å². The Kier molecular flexibility index (Phi) is 5.32. The fourth-order valence-corrected chi connectivity index (χ4v) is 5.81. The number of para-hydroxylation sites is 4. The van der Waals surface area contributed by atoms with Crippen LogP contribution in [0.4, 0.5) is 0 Å². The fourth-order valence-electron chi connectivity index (χ4n) is 5.81. The predicted molar refractivity (Wildman–Crippen MR) is 164 cm³/mol. The number of hydrogen-bond donors (Lipinski definition) is 0.